The van der Waals surface area contributed by atoms with E-state index in [1.807, 2.05) is 26.0 Å². The Balaban J connectivity index is 2.34. The predicted octanol–water partition coefficient (Wildman–Crippen LogP) is 4.69. The van der Waals surface area contributed by atoms with Gasteiger partial charge in [-0.2, -0.15) is 0 Å². The predicted molar refractivity (Wildman–Crippen MR) is 80.0 cm³/mol. The Hall–Kier alpha value is -1.58. The molecule has 0 bridgehead atoms. The zero-order valence-corrected chi connectivity index (χ0v) is 12.3. The first-order valence-corrected chi connectivity index (χ1v) is 6.91. The van der Waals surface area contributed by atoms with Crippen LogP contribution in [0.2, 0.25) is 5.02 Å². The van der Waals surface area contributed by atoms with Gasteiger partial charge in [-0.15, -0.1) is 0 Å². The SMILES string of the molecule is CCNCc1cccc(Cl)c1Oc1cc(F)ccc1C. The molecule has 0 spiro atoms. The molecule has 0 aliphatic carbocycles. The topological polar surface area (TPSA) is 21.3 Å². The van der Waals surface area contributed by atoms with Gasteiger partial charge in [-0.05, 0) is 31.2 Å². The molecule has 0 atom stereocenters. The van der Waals surface area contributed by atoms with Gasteiger partial charge in [0.15, 0.2) is 5.75 Å². The molecular formula is C16H17ClFNO. The average molecular weight is 294 g/mol. The zero-order chi connectivity index (χ0) is 14.5. The Labute approximate surface area is 123 Å². The summed E-state index contributed by atoms with van der Waals surface area (Å²) in [5, 5.41) is 3.75. The molecule has 20 heavy (non-hydrogen) atoms. The van der Waals surface area contributed by atoms with E-state index in [9.17, 15) is 4.39 Å². The summed E-state index contributed by atoms with van der Waals surface area (Å²) in [4.78, 5) is 0. The maximum atomic E-state index is 13.3. The Bertz CT molecular complexity index is 601. The Morgan fingerprint density at radius 1 is 1.25 bits per heavy atom. The summed E-state index contributed by atoms with van der Waals surface area (Å²) in [6.45, 7) is 5.41. The van der Waals surface area contributed by atoms with Crippen LogP contribution in [0.3, 0.4) is 0 Å². The Morgan fingerprint density at radius 2 is 2.05 bits per heavy atom. The first kappa shape index (κ1) is 14.8. The molecule has 0 saturated heterocycles. The molecule has 0 aliphatic heterocycles. The average Bonchev–Trinajstić information content (AvgIpc) is 2.43. The lowest BCUT2D eigenvalue weighted by molar-refractivity contribution is 0.464. The van der Waals surface area contributed by atoms with Gasteiger partial charge in [-0.3, -0.25) is 0 Å². The molecule has 2 aromatic rings. The van der Waals surface area contributed by atoms with Gasteiger partial charge in [-0.25, -0.2) is 4.39 Å². The minimum absolute atomic E-state index is 0.328. The van der Waals surface area contributed by atoms with Crippen molar-refractivity contribution in [2.24, 2.45) is 0 Å². The summed E-state index contributed by atoms with van der Waals surface area (Å²) in [5.74, 6) is 0.727. The number of aryl methyl sites for hydroxylation is 1. The highest BCUT2D eigenvalue weighted by Gasteiger charge is 2.11. The second kappa shape index (κ2) is 6.73. The molecule has 0 radical (unpaired) electrons. The fraction of sp³-hybridized carbons (Fsp3) is 0.250. The van der Waals surface area contributed by atoms with Crippen LogP contribution in [0.1, 0.15) is 18.1 Å². The van der Waals surface area contributed by atoms with Crippen LogP contribution in [-0.2, 0) is 6.54 Å². The molecular weight excluding hydrogens is 277 g/mol. The van der Waals surface area contributed by atoms with Crippen LogP contribution >= 0.6 is 11.6 Å². The van der Waals surface area contributed by atoms with Crippen LogP contribution in [0.5, 0.6) is 11.5 Å². The fourth-order valence-electron chi connectivity index (χ4n) is 1.86. The summed E-state index contributed by atoms with van der Waals surface area (Å²) >= 11 is 6.20. The third-order valence-corrected chi connectivity index (χ3v) is 3.27. The van der Waals surface area contributed by atoms with Gasteiger partial charge in [0.05, 0.1) is 5.02 Å². The van der Waals surface area contributed by atoms with Crippen LogP contribution in [-0.4, -0.2) is 6.54 Å². The molecule has 0 heterocycles. The van der Waals surface area contributed by atoms with E-state index >= 15 is 0 Å². The molecule has 0 fully saturated rings. The summed E-state index contributed by atoms with van der Waals surface area (Å²) in [5.41, 5.74) is 1.81. The van der Waals surface area contributed by atoms with E-state index in [2.05, 4.69) is 5.32 Å². The molecule has 4 heteroatoms. The van der Waals surface area contributed by atoms with Gasteiger partial charge in [-0.1, -0.05) is 36.7 Å². The van der Waals surface area contributed by atoms with E-state index in [0.717, 1.165) is 17.7 Å². The second-order valence-electron chi connectivity index (χ2n) is 4.52. The van der Waals surface area contributed by atoms with Gasteiger partial charge < -0.3 is 10.1 Å². The van der Waals surface area contributed by atoms with Crippen molar-refractivity contribution >= 4 is 11.6 Å². The van der Waals surface area contributed by atoms with Crippen molar-refractivity contribution in [1.82, 2.24) is 5.32 Å². The van der Waals surface area contributed by atoms with Crippen molar-refractivity contribution in [2.45, 2.75) is 20.4 Å². The Morgan fingerprint density at radius 3 is 2.80 bits per heavy atom. The van der Waals surface area contributed by atoms with Crippen LogP contribution in [0.25, 0.3) is 0 Å². The van der Waals surface area contributed by atoms with Crippen molar-refractivity contribution < 1.29 is 9.13 Å². The van der Waals surface area contributed by atoms with E-state index in [1.165, 1.54) is 12.1 Å². The molecule has 2 aromatic carbocycles. The van der Waals surface area contributed by atoms with Crippen LogP contribution in [0.15, 0.2) is 36.4 Å². The number of hydrogen-bond acceptors (Lipinski definition) is 2. The Kier molecular flexibility index (Phi) is 4.99. The van der Waals surface area contributed by atoms with Gasteiger partial charge in [0, 0.05) is 18.2 Å². The van der Waals surface area contributed by atoms with Crippen LogP contribution in [0.4, 0.5) is 4.39 Å². The zero-order valence-electron chi connectivity index (χ0n) is 11.5. The van der Waals surface area contributed by atoms with Gasteiger partial charge in [0.25, 0.3) is 0 Å². The summed E-state index contributed by atoms with van der Waals surface area (Å²) in [7, 11) is 0. The third-order valence-electron chi connectivity index (χ3n) is 2.98. The lowest BCUT2D eigenvalue weighted by Gasteiger charge is -2.14. The first-order valence-electron chi connectivity index (χ1n) is 6.54. The van der Waals surface area contributed by atoms with Gasteiger partial charge in [0.1, 0.15) is 11.6 Å². The maximum absolute atomic E-state index is 13.3. The number of hydrogen-bond donors (Lipinski definition) is 1. The normalized spacial score (nSPS) is 10.6. The largest absolute Gasteiger partial charge is 0.455 e. The smallest absolute Gasteiger partial charge is 0.150 e. The third kappa shape index (κ3) is 3.50. The number of halogens is 2. The first-order chi connectivity index (χ1) is 9.61. The minimum Gasteiger partial charge on any atom is -0.455 e. The summed E-state index contributed by atoms with van der Waals surface area (Å²) in [6.07, 6.45) is 0. The van der Waals surface area contributed by atoms with E-state index in [1.54, 1.807) is 12.1 Å². The summed E-state index contributed by atoms with van der Waals surface area (Å²) < 4.78 is 19.2. The monoisotopic (exact) mass is 293 g/mol. The molecule has 0 saturated carbocycles. The molecule has 0 amide bonds. The summed E-state index contributed by atoms with van der Waals surface area (Å²) in [6, 6.07) is 10.1. The lowest BCUT2D eigenvalue weighted by atomic mass is 10.2. The molecule has 1 N–H and O–H groups in total. The molecule has 0 aliphatic rings. The number of ether oxygens (including phenoxy) is 1. The van der Waals surface area contributed by atoms with Gasteiger partial charge >= 0.3 is 0 Å². The van der Waals surface area contributed by atoms with Crippen LogP contribution in [0, 0.1) is 12.7 Å². The molecule has 0 unspecified atom stereocenters. The molecule has 0 aromatic heterocycles. The van der Waals surface area contributed by atoms with Crippen molar-refractivity contribution in [3.05, 3.63) is 58.4 Å². The lowest BCUT2D eigenvalue weighted by Crippen LogP contribution is -2.12. The quantitative estimate of drug-likeness (QED) is 0.863. The maximum Gasteiger partial charge on any atom is 0.150 e. The number of rotatable bonds is 5. The van der Waals surface area contributed by atoms with Gasteiger partial charge in [0.2, 0.25) is 0 Å². The van der Waals surface area contributed by atoms with E-state index in [-0.39, 0.29) is 5.82 Å². The van der Waals surface area contributed by atoms with E-state index < -0.39 is 0 Å². The van der Waals surface area contributed by atoms with Crippen molar-refractivity contribution in [3.63, 3.8) is 0 Å². The van der Waals surface area contributed by atoms with Crippen molar-refractivity contribution in [1.29, 1.82) is 0 Å². The highest BCUT2D eigenvalue weighted by molar-refractivity contribution is 6.32. The molecule has 106 valence electrons. The molecule has 2 nitrogen and oxygen atoms in total. The van der Waals surface area contributed by atoms with E-state index in [4.69, 9.17) is 16.3 Å². The van der Waals surface area contributed by atoms with Crippen molar-refractivity contribution in [3.8, 4) is 11.5 Å². The highest BCUT2D eigenvalue weighted by Crippen LogP contribution is 2.34. The minimum atomic E-state index is -0.328. The van der Waals surface area contributed by atoms with Crippen molar-refractivity contribution in [2.75, 3.05) is 6.54 Å². The number of para-hydroxylation sites is 1. The molecule has 2 rings (SSSR count). The number of benzene rings is 2. The second-order valence-corrected chi connectivity index (χ2v) is 4.93. The standard InChI is InChI=1S/C16H17ClFNO/c1-3-19-10-12-5-4-6-14(17)16(12)20-15-9-13(18)8-7-11(15)2/h4-9,19H,3,10H2,1-2H3. The highest BCUT2D eigenvalue weighted by atomic mass is 35.5. The van der Waals surface area contributed by atoms with Crippen LogP contribution < -0.4 is 10.1 Å². The van der Waals surface area contributed by atoms with E-state index in [0.29, 0.717) is 23.1 Å². The fourth-order valence-corrected chi connectivity index (χ4v) is 2.09. The number of nitrogens with one attached hydrogen (secondary N) is 1.